The number of nitrogens with zero attached hydrogens (tertiary/aromatic N) is 4. The second-order valence-corrected chi connectivity index (χ2v) is 5.38. The van der Waals surface area contributed by atoms with E-state index in [1.165, 1.54) is 36.3 Å². The first kappa shape index (κ1) is 16.0. The van der Waals surface area contributed by atoms with Gasteiger partial charge in [-0.1, -0.05) is 0 Å². The highest BCUT2D eigenvalue weighted by Gasteiger charge is 2.36. The van der Waals surface area contributed by atoms with E-state index in [1.807, 2.05) is 0 Å². The summed E-state index contributed by atoms with van der Waals surface area (Å²) in [5, 5.41) is 8.17. The number of hydrogen-bond donors (Lipinski definition) is 0. The Balaban J connectivity index is 2.01. The summed E-state index contributed by atoms with van der Waals surface area (Å²) >= 11 is 0. The number of benzene rings is 1. The van der Waals surface area contributed by atoms with E-state index < -0.39 is 12.0 Å². The van der Waals surface area contributed by atoms with Crippen molar-refractivity contribution in [2.45, 2.75) is 18.9 Å². The van der Waals surface area contributed by atoms with Crippen molar-refractivity contribution in [1.29, 1.82) is 0 Å². The van der Waals surface area contributed by atoms with Gasteiger partial charge in [-0.15, -0.1) is 0 Å². The standard InChI is InChI=1S/C16H18N4O4/c1-23-11-5-6-13(20-17-7-8-18-20)12(10-11)15(21)19-9-3-4-14(19)16(22)24-2/h5-8,10,14H,3-4,9H2,1-2H3. The van der Waals surface area contributed by atoms with Crippen LogP contribution in [0.4, 0.5) is 0 Å². The predicted octanol–water partition coefficient (Wildman–Crippen LogP) is 1.05. The van der Waals surface area contributed by atoms with E-state index in [4.69, 9.17) is 9.47 Å². The lowest BCUT2D eigenvalue weighted by molar-refractivity contribution is -0.145. The van der Waals surface area contributed by atoms with Gasteiger partial charge in [0.2, 0.25) is 0 Å². The largest absolute Gasteiger partial charge is 0.497 e. The van der Waals surface area contributed by atoms with Gasteiger partial charge in [0.1, 0.15) is 11.8 Å². The Morgan fingerprint density at radius 1 is 1.21 bits per heavy atom. The topological polar surface area (TPSA) is 86.5 Å². The Morgan fingerprint density at radius 2 is 1.96 bits per heavy atom. The summed E-state index contributed by atoms with van der Waals surface area (Å²) in [6, 6.07) is 4.52. The fourth-order valence-electron chi connectivity index (χ4n) is 2.87. The second kappa shape index (κ2) is 6.69. The van der Waals surface area contributed by atoms with Crippen molar-refractivity contribution < 1.29 is 19.1 Å². The number of rotatable bonds is 4. The zero-order valence-corrected chi connectivity index (χ0v) is 13.5. The van der Waals surface area contributed by atoms with E-state index in [9.17, 15) is 9.59 Å². The third-order valence-corrected chi connectivity index (χ3v) is 4.06. The van der Waals surface area contributed by atoms with E-state index in [2.05, 4.69) is 10.2 Å². The first-order chi connectivity index (χ1) is 11.7. The smallest absolute Gasteiger partial charge is 0.328 e. The molecule has 1 aromatic heterocycles. The lowest BCUT2D eigenvalue weighted by Crippen LogP contribution is -2.41. The molecule has 8 heteroatoms. The van der Waals surface area contributed by atoms with Gasteiger partial charge in [-0.2, -0.15) is 15.0 Å². The molecule has 1 aromatic carbocycles. The Kier molecular flexibility index (Phi) is 4.45. The van der Waals surface area contributed by atoms with Crippen molar-refractivity contribution in [3.63, 3.8) is 0 Å². The van der Waals surface area contributed by atoms with E-state index in [0.29, 0.717) is 30.0 Å². The molecule has 0 bridgehead atoms. The number of esters is 1. The second-order valence-electron chi connectivity index (χ2n) is 5.38. The van der Waals surface area contributed by atoms with Crippen molar-refractivity contribution in [3.05, 3.63) is 36.2 Å². The minimum Gasteiger partial charge on any atom is -0.497 e. The molecule has 1 aliphatic heterocycles. The summed E-state index contributed by atoms with van der Waals surface area (Å²) in [5.41, 5.74) is 0.905. The molecular formula is C16H18N4O4. The van der Waals surface area contributed by atoms with Crippen molar-refractivity contribution in [1.82, 2.24) is 19.9 Å². The van der Waals surface area contributed by atoms with Crippen molar-refractivity contribution >= 4 is 11.9 Å². The number of likely N-dealkylation sites (tertiary alicyclic amines) is 1. The van der Waals surface area contributed by atoms with Gasteiger partial charge in [0.15, 0.2) is 0 Å². The summed E-state index contributed by atoms with van der Waals surface area (Å²) in [6.07, 6.45) is 4.42. The molecule has 1 amide bonds. The fraction of sp³-hybridized carbons (Fsp3) is 0.375. The van der Waals surface area contributed by atoms with E-state index in [0.717, 1.165) is 6.42 Å². The quantitative estimate of drug-likeness (QED) is 0.779. The van der Waals surface area contributed by atoms with Crippen LogP contribution in [0.3, 0.4) is 0 Å². The van der Waals surface area contributed by atoms with Crippen LogP contribution in [0.2, 0.25) is 0 Å². The summed E-state index contributed by atoms with van der Waals surface area (Å²) < 4.78 is 10.0. The lowest BCUT2D eigenvalue weighted by atomic mass is 10.1. The highest BCUT2D eigenvalue weighted by Crippen LogP contribution is 2.26. The van der Waals surface area contributed by atoms with Crippen LogP contribution in [-0.4, -0.2) is 58.6 Å². The van der Waals surface area contributed by atoms with Gasteiger partial charge in [-0.25, -0.2) is 4.79 Å². The number of methoxy groups -OCH3 is 2. The average Bonchev–Trinajstić information content (AvgIpc) is 3.31. The van der Waals surface area contributed by atoms with Crippen molar-refractivity contribution in [2.75, 3.05) is 20.8 Å². The summed E-state index contributed by atoms with van der Waals surface area (Å²) in [4.78, 5) is 27.9. The molecule has 24 heavy (non-hydrogen) atoms. The molecule has 0 radical (unpaired) electrons. The number of ether oxygens (including phenoxy) is 2. The maximum absolute atomic E-state index is 13.1. The Bertz CT molecular complexity index is 745. The summed E-state index contributed by atoms with van der Waals surface area (Å²) in [7, 11) is 2.86. The van der Waals surface area contributed by atoms with Crippen molar-refractivity contribution in [2.24, 2.45) is 0 Å². The molecule has 0 spiro atoms. The van der Waals surface area contributed by atoms with Crippen molar-refractivity contribution in [3.8, 4) is 11.4 Å². The molecule has 8 nitrogen and oxygen atoms in total. The average molecular weight is 330 g/mol. The van der Waals surface area contributed by atoms with Crippen LogP contribution >= 0.6 is 0 Å². The molecular weight excluding hydrogens is 312 g/mol. The zero-order chi connectivity index (χ0) is 17.1. The number of hydrogen-bond acceptors (Lipinski definition) is 6. The molecule has 2 aromatic rings. The Labute approximate surface area is 139 Å². The van der Waals surface area contributed by atoms with Gasteiger partial charge >= 0.3 is 5.97 Å². The first-order valence-electron chi connectivity index (χ1n) is 7.59. The highest BCUT2D eigenvalue weighted by molar-refractivity contribution is 6.00. The molecule has 3 rings (SSSR count). The fourth-order valence-corrected chi connectivity index (χ4v) is 2.87. The molecule has 1 atom stereocenters. The molecule has 1 aliphatic rings. The maximum atomic E-state index is 13.1. The minimum absolute atomic E-state index is 0.269. The van der Waals surface area contributed by atoms with Crippen LogP contribution in [0.15, 0.2) is 30.6 Å². The molecule has 0 N–H and O–H groups in total. The maximum Gasteiger partial charge on any atom is 0.328 e. The Hall–Kier alpha value is -2.90. The van der Waals surface area contributed by atoms with Crippen LogP contribution in [0, 0.1) is 0 Å². The van der Waals surface area contributed by atoms with E-state index in [1.54, 1.807) is 18.2 Å². The van der Waals surface area contributed by atoms with Gasteiger partial charge in [0.05, 0.1) is 37.9 Å². The molecule has 1 fully saturated rings. The van der Waals surface area contributed by atoms with Crippen LogP contribution < -0.4 is 4.74 Å². The van der Waals surface area contributed by atoms with Gasteiger partial charge < -0.3 is 14.4 Å². The van der Waals surface area contributed by atoms with Gasteiger partial charge in [-0.3, -0.25) is 4.79 Å². The third-order valence-electron chi connectivity index (χ3n) is 4.06. The highest BCUT2D eigenvalue weighted by atomic mass is 16.5. The predicted molar refractivity (Wildman–Crippen MR) is 84.0 cm³/mol. The van der Waals surface area contributed by atoms with Crippen LogP contribution in [0.25, 0.3) is 5.69 Å². The SMILES string of the molecule is COC(=O)C1CCCN1C(=O)c1cc(OC)ccc1-n1nccn1. The Morgan fingerprint density at radius 3 is 2.62 bits per heavy atom. The monoisotopic (exact) mass is 330 g/mol. The number of amides is 1. The zero-order valence-electron chi connectivity index (χ0n) is 13.5. The van der Waals surface area contributed by atoms with Gasteiger partial charge in [0.25, 0.3) is 5.91 Å². The summed E-state index contributed by atoms with van der Waals surface area (Å²) in [5.74, 6) is -0.125. The third kappa shape index (κ3) is 2.82. The lowest BCUT2D eigenvalue weighted by Gasteiger charge is -2.23. The van der Waals surface area contributed by atoms with E-state index >= 15 is 0 Å². The van der Waals surface area contributed by atoms with Gasteiger partial charge in [0, 0.05) is 6.54 Å². The molecule has 1 saturated heterocycles. The molecule has 1 unspecified atom stereocenters. The molecule has 0 saturated carbocycles. The number of carbonyl (C=O) groups is 2. The number of aromatic nitrogens is 3. The van der Waals surface area contributed by atoms with Crippen LogP contribution in [0.5, 0.6) is 5.75 Å². The number of carbonyl (C=O) groups excluding carboxylic acids is 2. The molecule has 126 valence electrons. The molecule has 2 heterocycles. The molecule has 0 aliphatic carbocycles. The van der Waals surface area contributed by atoms with Crippen LogP contribution in [-0.2, 0) is 9.53 Å². The van der Waals surface area contributed by atoms with Gasteiger partial charge in [-0.05, 0) is 31.0 Å². The minimum atomic E-state index is -0.563. The normalized spacial score (nSPS) is 16.9. The summed E-state index contributed by atoms with van der Waals surface area (Å²) in [6.45, 7) is 0.502. The first-order valence-corrected chi connectivity index (χ1v) is 7.59. The van der Waals surface area contributed by atoms with E-state index in [-0.39, 0.29) is 5.91 Å². The van der Waals surface area contributed by atoms with Crippen LogP contribution in [0.1, 0.15) is 23.2 Å².